The zero-order valence-electron chi connectivity index (χ0n) is 8.77. The van der Waals surface area contributed by atoms with Gasteiger partial charge in [-0.15, -0.1) is 0 Å². The first-order valence-electron chi connectivity index (χ1n) is 4.94. The molecule has 0 aromatic heterocycles. The molecule has 0 saturated carbocycles. The first kappa shape index (κ1) is 12.0. The van der Waals surface area contributed by atoms with E-state index < -0.39 is 11.8 Å². The third-order valence-corrected chi connectivity index (χ3v) is 2.98. The largest absolute Gasteiger partial charge is 0.320 e. The molecule has 2 rings (SSSR count). The zero-order chi connectivity index (χ0) is 12.4. The SMILES string of the molecule is O=C1CN(C(=O)c2cccc(I)c2)CC(=O)N1. The summed E-state index contributed by atoms with van der Waals surface area (Å²) in [6.45, 7) is -0.147. The Bertz CT molecular complexity index is 485. The van der Waals surface area contributed by atoms with Gasteiger partial charge in [0.15, 0.2) is 0 Å². The van der Waals surface area contributed by atoms with Crippen molar-refractivity contribution in [1.29, 1.82) is 0 Å². The standard InChI is InChI=1S/C11H9IN2O3/c12-8-3-1-2-7(4-8)11(17)14-5-9(15)13-10(16)6-14/h1-4H,5-6H2,(H,13,15,16). The minimum atomic E-state index is -0.444. The molecule has 0 aliphatic carbocycles. The summed E-state index contributed by atoms with van der Waals surface area (Å²) in [7, 11) is 0. The predicted octanol–water partition coefficient (Wildman–Crippen LogP) is 0.390. The molecule has 17 heavy (non-hydrogen) atoms. The predicted molar refractivity (Wildman–Crippen MR) is 68.2 cm³/mol. The molecule has 88 valence electrons. The molecule has 0 unspecified atom stereocenters. The molecule has 0 atom stereocenters. The van der Waals surface area contributed by atoms with Gasteiger partial charge >= 0.3 is 0 Å². The highest BCUT2D eigenvalue weighted by molar-refractivity contribution is 14.1. The van der Waals surface area contributed by atoms with Gasteiger partial charge in [0.1, 0.15) is 13.1 Å². The van der Waals surface area contributed by atoms with Crippen LogP contribution < -0.4 is 5.32 Å². The number of rotatable bonds is 1. The maximum atomic E-state index is 12.0. The second-order valence-corrected chi connectivity index (χ2v) is 4.89. The highest BCUT2D eigenvalue weighted by Crippen LogP contribution is 2.11. The summed E-state index contributed by atoms with van der Waals surface area (Å²) in [6.07, 6.45) is 0. The first-order chi connectivity index (χ1) is 8.06. The Labute approximate surface area is 111 Å². The van der Waals surface area contributed by atoms with Crippen LogP contribution in [0.2, 0.25) is 0 Å². The molecule has 1 saturated heterocycles. The smallest absolute Gasteiger partial charge is 0.254 e. The summed E-state index contributed by atoms with van der Waals surface area (Å²) < 4.78 is 0.932. The Balaban J connectivity index is 2.20. The zero-order valence-corrected chi connectivity index (χ0v) is 10.9. The molecule has 1 aliphatic heterocycles. The fraction of sp³-hybridized carbons (Fsp3) is 0.182. The fourth-order valence-corrected chi connectivity index (χ4v) is 2.13. The van der Waals surface area contributed by atoms with Gasteiger partial charge in [-0.3, -0.25) is 19.7 Å². The van der Waals surface area contributed by atoms with Crippen molar-refractivity contribution in [3.05, 3.63) is 33.4 Å². The lowest BCUT2D eigenvalue weighted by molar-refractivity contribution is -0.135. The number of carbonyl (C=O) groups excluding carboxylic acids is 3. The summed E-state index contributed by atoms with van der Waals surface area (Å²) in [5.74, 6) is -1.19. The van der Waals surface area contributed by atoms with Crippen molar-refractivity contribution < 1.29 is 14.4 Å². The van der Waals surface area contributed by atoms with E-state index >= 15 is 0 Å². The van der Waals surface area contributed by atoms with Crippen LogP contribution in [0.25, 0.3) is 0 Å². The fourth-order valence-electron chi connectivity index (χ4n) is 1.58. The maximum Gasteiger partial charge on any atom is 0.254 e. The van der Waals surface area contributed by atoms with Crippen molar-refractivity contribution in [2.45, 2.75) is 0 Å². The molecule has 6 heteroatoms. The molecular weight excluding hydrogens is 335 g/mol. The van der Waals surface area contributed by atoms with Gasteiger partial charge in [0, 0.05) is 9.13 Å². The van der Waals surface area contributed by atoms with Crippen molar-refractivity contribution >= 4 is 40.3 Å². The third-order valence-electron chi connectivity index (χ3n) is 2.31. The van der Waals surface area contributed by atoms with Gasteiger partial charge in [-0.05, 0) is 40.8 Å². The number of hydrogen-bond donors (Lipinski definition) is 1. The monoisotopic (exact) mass is 344 g/mol. The summed E-state index contributed by atoms with van der Waals surface area (Å²) in [5.41, 5.74) is 0.486. The minimum absolute atomic E-state index is 0.0734. The van der Waals surface area contributed by atoms with Crippen LogP contribution in [-0.4, -0.2) is 35.7 Å². The van der Waals surface area contributed by atoms with Crippen LogP contribution in [-0.2, 0) is 9.59 Å². The quantitative estimate of drug-likeness (QED) is 0.592. The van der Waals surface area contributed by atoms with Gasteiger partial charge in [-0.25, -0.2) is 0 Å². The van der Waals surface area contributed by atoms with Crippen molar-refractivity contribution in [2.75, 3.05) is 13.1 Å². The summed E-state index contributed by atoms with van der Waals surface area (Å²) >= 11 is 2.10. The number of piperazine rings is 1. The van der Waals surface area contributed by atoms with E-state index in [2.05, 4.69) is 27.9 Å². The highest BCUT2D eigenvalue weighted by atomic mass is 127. The molecule has 0 spiro atoms. The number of imide groups is 1. The normalized spacial score (nSPS) is 15.7. The molecule has 1 aromatic rings. The van der Waals surface area contributed by atoms with Crippen molar-refractivity contribution in [3.8, 4) is 0 Å². The lowest BCUT2D eigenvalue weighted by Crippen LogP contribution is -2.53. The summed E-state index contributed by atoms with van der Waals surface area (Å²) in [5, 5.41) is 2.15. The second kappa shape index (κ2) is 4.82. The average molecular weight is 344 g/mol. The average Bonchev–Trinajstić information content (AvgIpc) is 2.26. The molecule has 1 N–H and O–H groups in total. The van der Waals surface area contributed by atoms with Crippen LogP contribution in [0.4, 0.5) is 0 Å². The van der Waals surface area contributed by atoms with Gasteiger partial charge in [-0.1, -0.05) is 6.07 Å². The van der Waals surface area contributed by atoms with E-state index in [0.717, 1.165) is 3.57 Å². The Morgan fingerprint density at radius 2 is 1.88 bits per heavy atom. The third kappa shape index (κ3) is 2.82. The number of amides is 3. The van der Waals surface area contributed by atoms with Crippen molar-refractivity contribution in [1.82, 2.24) is 10.2 Å². The Kier molecular flexibility index (Phi) is 3.41. The molecular formula is C11H9IN2O3. The lowest BCUT2D eigenvalue weighted by atomic mass is 10.2. The Morgan fingerprint density at radius 3 is 2.47 bits per heavy atom. The maximum absolute atomic E-state index is 12.0. The molecule has 3 amide bonds. The van der Waals surface area contributed by atoms with Crippen molar-refractivity contribution in [2.24, 2.45) is 0 Å². The molecule has 1 aliphatic rings. The van der Waals surface area contributed by atoms with Crippen LogP contribution in [0.1, 0.15) is 10.4 Å². The van der Waals surface area contributed by atoms with Gasteiger partial charge in [0.05, 0.1) is 0 Å². The second-order valence-electron chi connectivity index (χ2n) is 3.64. The van der Waals surface area contributed by atoms with Gasteiger partial charge in [-0.2, -0.15) is 0 Å². The molecule has 0 radical (unpaired) electrons. The number of benzene rings is 1. The number of nitrogens with zero attached hydrogens (tertiary/aromatic N) is 1. The summed E-state index contributed by atoms with van der Waals surface area (Å²) in [4.78, 5) is 35.6. The Hall–Kier alpha value is -1.44. The van der Waals surface area contributed by atoms with Crippen LogP contribution in [0.3, 0.4) is 0 Å². The van der Waals surface area contributed by atoms with E-state index in [1.807, 2.05) is 6.07 Å². The van der Waals surface area contributed by atoms with E-state index in [1.54, 1.807) is 18.2 Å². The van der Waals surface area contributed by atoms with Gasteiger partial charge < -0.3 is 4.90 Å². The highest BCUT2D eigenvalue weighted by Gasteiger charge is 2.26. The minimum Gasteiger partial charge on any atom is -0.320 e. The molecule has 1 aromatic carbocycles. The van der Waals surface area contributed by atoms with E-state index in [4.69, 9.17) is 0 Å². The van der Waals surface area contributed by atoms with E-state index in [-0.39, 0.29) is 19.0 Å². The van der Waals surface area contributed by atoms with Gasteiger partial charge in [0.2, 0.25) is 11.8 Å². The van der Waals surface area contributed by atoms with Crippen LogP contribution in [0, 0.1) is 3.57 Å². The Morgan fingerprint density at radius 1 is 1.24 bits per heavy atom. The van der Waals surface area contributed by atoms with Gasteiger partial charge in [0.25, 0.3) is 5.91 Å². The number of halogens is 1. The molecule has 5 nitrogen and oxygen atoms in total. The number of hydrogen-bond acceptors (Lipinski definition) is 3. The molecule has 0 bridgehead atoms. The topological polar surface area (TPSA) is 66.5 Å². The first-order valence-corrected chi connectivity index (χ1v) is 6.01. The lowest BCUT2D eigenvalue weighted by Gasteiger charge is -2.25. The van der Waals surface area contributed by atoms with E-state index in [9.17, 15) is 14.4 Å². The number of carbonyl (C=O) groups is 3. The summed E-state index contributed by atoms with van der Waals surface area (Å²) in [6, 6.07) is 7.02. The van der Waals surface area contributed by atoms with Crippen LogP contribution in [0.15, 0.2) is 24.3 Å². The van der Waals surface area contributed by atoms with E-state index in [0.29, 0.717) is 5.56 Å². The number of nitrogens with one attached hydrogen (secondary N) is 1. The molecule has 1 fully saturated rings. The van der Waals surface area contributed by atoms with Crippen LogP contribution in [0.5, 0.6) is 0 Å². The van der Waals surface area contributed by atoms with E-state index in [1.165, 1.54) is 4.90 Å². The van der Waals surface area contributed by atoms with Crippen molar-refractivity contribution in [3.63, 3.8) is 0 Å². The van der Waals surface area contributed by atoms with Crippen LogP contribution >= 0.6 is 22.6 Å². The molecule has 1 heterocycles.